The van der Waals surface area contributed by atoms with Gasteiger partial charge in [-0.15, -0.1) is 0 Å². The smallest absolute Gasteiger partial charge is 0.282 e. The van der Waals surface area contributed by atoms with Crippen LogP contribution in [0.4, 0.5) is 11.4 Å². The number of benzene rings is 1. The quantitative estimate of drug-likeness (QED) is 0.633. The summed E-state index contributed by atoms with van der Waals surface area (Å²) in [5.41, 5.74) is 0.348. The number of anilines is 1. The minimum atomic E-state index is -0.594. The zero-order valence-electron chi connectivity index (χ0n) is 10.6. The van der Waals surface area contributed by atoms with Crippen molar-refractivity contribution < 1.29 is 14.2 Å². The molecule has 0 aliphatic rings. The third-order valence-electron chi connectivity index (χ3n) is 2.64. The molecule has 0 saturated carbocycles. The van der Waals surface area contributed by atoms with Gasteiger partial charge in [-0.3, -0.25) is 14.9 Å². The first-order valence-electron chi connectivity index (χ1n) is 5.75. The molecule has 1 aromatic heterocycles. The van der Waals surface area contributed by atoms with Crippen LogP contribution >= 0.6 is 0 Å². The average molecular weight is 276 g/mol. The summed E-state index contributed by atoms with van der Waals surface area (Å²) in [5.74, 6) is -0.0871. The highest BCUT2D eigenvalue weighted by molar-refractivity contribution is 5.99. The zero-order valence-corrected chi connectivity index (χ0v) is 10.6. The Morgan fingerprint density at radius 2 is 2.25 bits per heavy atom. The van der Waals surface area contributed by atoms with Crippen molar-refractivity contribution >= 4 is 17.3 Å². The minimum absolute atomic E-state index is 0.0126. The molecule has 0 aliphatic carbocycles. The topological polar surface area (TPSA) is 110 Å². The molecule has 0 spiro atoms. The van der Waals surface area contributed by atoms with Crippen LogP contribution < -0.4 is 10.6 Å². The van der Waals surface area contributed by atoms with Gasteiger partial charge in [-0.2, -0.15) is 0 Å². The van der Waals surface area contributed by atoms with Crippen molar-refractivity contribution in [3.05, 3.63) is 51.9 Å². The number of rotatable bonds is 5. The Balaban J connectivity index is 2.20. The maximum absolute atomic E-state index is 12.0. The highest BCUT2D eigenvalue weighted by Gasteiger charge is 2.20. The van der Waals surface area contributed by atoms with Gasteiger partial charge in [0.05, 0.1) is 17.7 Å². The molecule has 0 atom stereocenters. The number of nitrogens with zero attached hydrogens (tertiary/aromatic N) is 2. The SMILES string of the molecule is CNc1ccc([N+](=O)[O-])c(C(=O)NCc2ccno2)c1. The van der Waals surface area contributed by atoms with E-state index >= 15 is 0 Å². The van der Waals surface area contributed by atoms with Crippen LogP contribution in [0.15, 0.2) is 35.0 Å². The number of amides is 1. The van der Waals surface area contributed by atoms with Crippen LogP contribution in [0, 0.1) is 10.1 Å². The fraction of sp³-hybridized carbons (Fsp3) is 0.167. The first kappa shape index (κ1) is 13.5. The summed E-state index contributed by atoms with van der Waals surface area (Å²) in [7, 11) is 1.66. The highest BCUT2D eigenvalue weighted by atomic mass is 16.6. The molecule has 1 aromatic carbocycles. The second kappa shape index (κ2) is 5.83. The highest BCUT2D eigenvalue weighted by Crippen LogP contribution is 2.22. The lowest BCUT2D eigenvalue weighted by molar-refractivity contribution is -0.385. The van der Waals surface area contributed by atoms with E-state index in [-0.39, 0.29) is 17.8 Å². The van der Waals surface area contributed by atoms with Crippen LogP contribution in [0.1, 0.15) is 16.1 Å². The molecule has 1 heterocycles. The van der Waals surface area contributed by atoms with Gasteiger partial charge in [0.15, 0.2) is 5.76 Å². The summed E-state index contributed by atoms with van der Waals surface area (Å²) in [4.78, 5) is 22.4. The van der Waals surface area contributed by atoms with Gasteiger partial charge >= 0.3 is 0 Å². The maximum atomic E-state index is 12.0. The van der Waals surface area contributed by atoms with Crippen molar-refractivity contribution in [2.24, 2.45) is 0 Å². The number of nitro benzene ring substituents is 1. The van der Waals surface area contributed by atoms with Crippen LogP contribution in [0.25, 0.3) is 0 Å². The van der Waals surface area contributed by atoms with Gasteiger partial charge in [0.2, 0.25) is 0 Å². The molecule has 0 radical (unpaired) electrons. The van der Waals surface area contributed by atoms with Crippen LogP contribution in [0.3, 0.4) is 0 Å². The van der Waals surface area contributed by atoms with Crippen LogP contribution in [-0.4, -0.2) is 23.0 Å². The van der Waals surface area contributed by atoms with E-state index in [0.717, 1.165) is 0 Å². The Labute approximate surface area is 113 Å². The van der Waals surface area contributed by atoms with Gasteiger partial charge in [-0.05, 0) is 12.1 Å². The molecule has 0 bridgehead atoms. The molecule has 20 heavy (non-hydrogen) atoms. The van der Waals surface area contributed by atoms with Crippen molar-refractivity contribution in [1.82, 2.24) is 10.5 Å². The van der Waals surface area contributed by atoms with Gasteiger partial charge in [0, 0.05) is 24.9 Å². The first-order chi connectivity index (χ1) is 9.61. The number of hydrogen-bond donors (Lipinski definition) is 2. The number of carbonyl (C=O) groups excluding carboxylic acids is 1. The van der Waals surface area contributed by atoms with Gasteiger partial charge < -0.3 is 15.2 Å². The normalized spacial score (nSPS) is 10.1. The van der Waals surface area contributed by atoms with Crippen molar-refractivity contribution in [2.75, 3.05) is 12.4 Å². The molecule has 8 heteroatoms. The fourth-order valence-corrected chi connectivity index (χ4v) is 1.63. The molecule has 2 N–H and O–H groups in total. The Hall–Kier alpha value is -2.90. The summed E-state index contributed by atoms with van der Waals surface area (Å²) in [6, 6.07) is 5.84. The molecule has 2 rings (SSSR count). The summed E-state index contributed by atoms with van der Waals surface area (Å²) >= 11 is 0. The number of hydrogen-bond acceptors (Lipinski definition) is 6. The molecule has 8 nitrogen and oxygen atoms in total. The van der Waals surface area contributed by atoms with E-state index in [1.807, 2.05) is 0 Å². The third-order valence-corrected chi connectivity index (χ3v) is 2.64. The summed E-state index contributed by atoms with van der Waals surface area (Å²) in [6.07, 6.45) is 1.45. The lowest BCUT2D eigenvalue weighted by atomic mass is 10.1. The van der Waals surface area contributed by atoms with Crippen LogP contribution in [0.2, 0.25) is 0 Å². The molecule has 0 fully saturated rings. The summed E-state index contributed by atoms with van der Waals surface area (Å²) in [5, 5.41) is 19.8. The molecular weight excluding hydrogens is 264 g/mol. The predicted molar refractivity (Wildman–Crippen MR) is 70.3 cm³/mol. The van der Waals surface area contributed by atoms with E-state index in [1.54, 1.807) is 13.1 Å². The number of aromatic nitrogens is 1. The lowest BCUT2D eigenvalue weighted by Gasteiger charge is -2.06. The molecular formula is C12H12N4O4. The van der Waals surface area contributed by atoms with Crippen molar-refractivity contribution in [3.63, 3.8) is 0 Å². The molecule has 0 saturated heterocycles. The van der Waals surface area contributed by atoms with Gasteiger partial charge in [0.1, 0.15) is 5.56 Å². The Morgan fingerprint density at radius 3 is 2.85 bits per heavy atom. The molecule has 2 aromatic rings. The van der Waals surface area contributed by atoms with Crippen molar-refractivity contribution in [2.45, 2.75) is 6.54 Å². The molecule has 1 amide bonds. The van der Waals surface area contributed by atoms with E-state index in [0.29, 0.717) is 11.4 Å². The van der Waals surface area contributed by atoms with Gasteiger partial charge in [-0.25, -0.2) is 0 Å². The fourth-order valence-electron chi connectivity index (χ4n) is 1.63. The third kappa shape index (κ3) is 2.91. The summed E-state index contributed by atoms with van der Waals surface area (Å²) in [6.45, 7) is 0.111. The van der Waals surface area contributed by atoms with Crippen molar-refractivity contribution in [1.29, 1.82) is 0 Å². The zero-order chi connectivity index (χ0) is 14.5. The summed E-state index contributed by atoms with van der Waals surface area (Å²) < 4.78 is 4.83. The second-order valence-electron chi connectivity index (χ2n) is 3.90. The Morgan fingerprint density at radius 1 is 1.45 bits per heavy atom. The average Bonchev–Trinajstić information content (AvgIpc) is 2.97. The molecule has 104 valence electrons. The van der Waals surface area contributed by atoms with E-state index in [4.69, 9.17) is 4.52 Å². The van der Waals surface area contributed by atoms with E-state index in [9.17, 15) is 14.9 Å². The number of carbonyl (C=O) groups is 1. The standard InChI is InChI=1S/C12H12N4O4/c1-13-8-2-3-11(16(18)19)10(6-8)12(17)14-7-9-4-5-15-20-9/h2-6,13H,7H2,1H3,(H,14,17). The predicted octanol–water partition coefficient (Wildman–Crippen LogP) is 1.55. The van der Waals surface area contributed by atoms with Crippen LogP contribution in [0.5, 0.6) is 0 Å². The van der Waals surface area contributed by atoms with Gasteiger partial charge in [-0.1, -0.05) is 5.16 Å². The molecule has 0 unspecified atom stereocenters. The van der Waals surface area contributed by atoms with E-state index < -0.39 is 10.8 Å². The van der Waals surface area contributed by atoms with Gasteiger partial charge in [0.25, 0.3) is 11.6 Å². The Kier molecular flexibility index (Phi) is 3.94. The Bertz CT molecular complexity index is 624. The minimum Gasteiger partial charge on any atom is -0.388 e. The van der Waals surface area contributed by atoms with Crippen LogP contribution in [-0.2, 0) is 6.54 Å². The maximum Gasteiger partial charge on any atom is 0.282 e. The van der Waals surface area contributed by atoms with Crippen molar-refractivity contribution in [3.8, 4) is 0 Å². The number of nitrogens with one attached hydrogen (secondary N) is 2. The largest absolute Gasteiger partial charge is 0.388 e. The molecule has 0 aliphatic heterocycles. The van der Waals surface area contributed by atoms with E-state index in [1.165, 1.54) is 24.4 Å². The lowest BCUT2D eigenvalue weighted by Crippen LogP contribution is -2.23. The van der Waals surface area contributed by atoms with E-state index in [2.05, 4.69) is 15.8 Å². The second-order valence-corrected chi connectivity index (χ2v) is 3.90. The number of nitro groups is 1. The monoisotopic (exact) mass is 276 g/mol. The first-order valence-corrected chi connectivity index (χ1v) is 5.75.